The number of rotatable bonds is 4. The molecule has 0 bridgehead atoms. The molecule has 16 heavy (non-hydrogen) atoms. The van der Waals surface area contributed by atoms with Crippen LogP contribution in [0.3, 0.4) is 0 Å². The van der Waals surface area contributed by atoms with Crippen molar-refractivity contribution in [1.29, 1.82) is 0 Å². The van der Waals surface area contributed by atoms with E-state index in [1.165, 1.54) is 9.21 Å². The lowest BCUT2D eigenvalue weighted by Crippen LogP contribution is -3.09. The number of quaternary nitrogens is 1. The van der Waals surface area contributed by atoms with Crippen molar-refractivity contribution < 1.29 is 23.2 Å². The number of carboxylic acids is 1. The standard InChI is InChI=1S/C9H18N2O4S/c1-10-4-2-5-11(7-6-10)16(14,15)8-3-9(12)13/h2-8H2,1H3,(H,12,13). The Balaban J connectivity index is 2.57. The number of nitrogens with zero attached hydrogens (tertiary/aromatic N) is 1. The zero-order valence-corrected chi connectivity index (χ0v) is 10.3. The molecule has 0 amide bonds. The Hall–Kier alpha value is -0.660. The molecule has 1 heterocycles. The molecule has 1 rings (SSSR count). The predicted molar refractivity (Wildman–Crippen MR) is 56.2 cm³/mol. The number of hydrogen-bond acceptors (Lipinski definition) is 4. The Labute approximate surface area is 95.9 Å². The van der Waals surface area contributed by atoms with Crippen LogP contribution in [0, 0.1) is 0 Å². The van der Waals surface area contributed by atoms with E-state index in [4.69, 9.17) is 0 Å². The molecule has 6 nitrogen and oxygen atoms in total. The van der Waals surface area contributed by atoms with Gasteiger partial charge < -0.3 is 14.8 Å². The number of aliphatic carboxylic acids is 1. The van der Waals surface area contributed by atoms with E-state index >= 15 is 0 Å². The van der Waals surface area contributed by atoms with Crippen LogP contribution in [0.1, 0.15) is 12.8 Å². The SMILES string of the molecule is C[NH+]1CCCN(S(=O)(=O)CCC(=O)[O-])CC1. The molecule has 0 radical (unpaired) electrons. The maximum absolute atomic E-state index is 11.8. The van der Waals surface area contributed by atoms with E-state index < -0.39 is 22.4 Å². The van der Waals surface area contributed by atoms with Crippen LogP contribution in [0.5, 0.6) is 0 Å². The highest BCUT2D eigenvalue weighted by molar-refractivity contribution is 7.89. The largest absolute Gasteiger partial charge is 0.550 e. The van der Waals surface area contributed by atoms with Crippen LogP contribution in [0.25, 0.3) is 0 Å². The Morgan fingerprint density at radius 3 is 2.69 bits per heavy atom. The number of carbonyl (C=O) groups excluding carboxylic acids is 1. The van der Waals surface area contributed by atoms with E-state index in [1.807, 2.05) is 7.05 Å². The minimum Gasteiger partial charge on any atom is -0.550 e. The second kappa shape index (κ2) is 5.60. The normalized spacial score (nSPS) is 23.9. The van der Waals surface area contributed by atoms with E-state index in [0.717, 1.165) is 19.5 Å². The van der Waals surface area contributed by atoms with Crippen molar-refractivity contribution >= 4 is 16.0 Å². The van der Waals surface area contributed by atoms with E-state index in [1.54, 1.807) is 0 Å². The molecule has 1 N–H and O–H groups in total. The molecule has 0 aromatic rings. The summed E-state index contributed by atoms with van der Waals surface area (Å²) >= 11 is 0. The third kappa shape index (κ3) is 4.07. The van der Waals surface area contributed by atoms with Crippen LogP contribution in [0.15, 0.2) is 0 Å². The van der Waals surface area contributed by atoms with E-state index in [-0.39, 0.29) is 5.75 Å². The third-order valence-corrected chi connectivity index (χ3v) is 4.63. The summed E-state index contributed by atoms with van der Waals surface area (Å²) in [5.74, 6) is -1.67. The molecule has 1 atom stereocenters. The first kappa shape index (κ1) is 13.4. The molecule has 94 valence electrons. The lowest BCUT2D eigenvalue weighted by atomic mass is 10.4. The number of carbonyl (C=O) groups is 1. The summed E-state index contributed by atoms with van der Waals surface area (Å²) in [7, 11) is -1.40. The summed E-state index contributed by atoms with van der Waals surface area (Å²) in [6, 6.07) is 0. The molecule has 1 saturated heterocycles. The number of likely N-dealkylation sites (N-methyl/N-ethyl adjacent to an activating group) is 1. The van der Waals surface area contributed by atoms with Gasteiger partial charge in [-0.15, -0.1) is 0 Å². The maximum Gasteiger partial charge on any atom is 0.214 e. The van der Waals surface area contributed by atoms with Gasteiger partial charge in [-0.2, -0.15) is 4.31 Å². The predicted octanol–water partition coefficient (Wildman–Crippen LogP) is -3.32. The van der Waals surface area contributed by atoms with Crippen LogP contribution in [0.2, 0.25) is 0 Å². The van der Waals surface area contributed by atoms with Gasteiger partial charge in [0.25, 0.3) is 0 Å². The van der Waals surface area contributed by atoms with Crippen LogP contribution in [0.4, 0.5) is 0 Å². The number of nitrogens with one attached hydrogen (secondary N) is 1. The Bertz CT molecular complexity index is 341. The summed E-state index contributed by atoms with van der Waals surface area (Å²) in [6.07, 6.45) is 0.387. The molecule has 7 heteroatoms. The number of carboxylic acid groups (broad SMARTS) is 1. The van der Waals surface area contributed by atoms with Crippen LogP contribution >= 0.6 is 0 Å². The average molecular weight is 250 g/mol. The van der Waals surface area contributed by atoms with E-state index in [9.17, 15) is 18.3 Å². The molecule has 1 aliphatic heterocycles. The summed E-state index contributed by atoms with van der Waals surface area (Å²) in [5, 5.41) is 10.3. The van der Waals surface area contributed by atoms with Crippen molar-refractivity contribution in [3.05, 3.63) is 0 Å². The van der Waals surface area contributed by atoms with Crippen LogP contribution in [-0.4, -0.2) is 57.7 Å². The number of sulfonamides is 1. The van der Waals surface area contributed by atoms with E-state index in [2.05, 4.69) is 0 Å². The minimum atomic E-state index is -3.43. The topological polar surface area (TPSA) is 82.0 Å². The fraction of sp³-hybridized carbons (Fsp3) is 0.889. The number of hydrogen-bond donors (Lipinski definition) is 1. The van der Waals surface area contributed by atoms with Gasteiger partial charge in [0.15, 0.2) is 0 Å². The van der Waals surface area contributed by atoms with Crippen molar-refractivity contribution in [2.24, 2.45) is 0 Å². The van der Waals surface area contributed by atoms with Crippen molar-refractivity contribution in [3.8, 4) is 0 Å². The fourth-order valence-electron chi connectivity index (χ4n) is 1.73. The summed E-state index contributed by atoms with van der Waals surface area (Å²) in [5.41, 5.74) is 0. The van der Waals surface area contributed by atoms with Gasteiger partial charge >= 0.3 is 0 Å². The quantitative estimate of drug-likeness (QED) is 0.566. The molecule has 0 aromatic heterocycles. The van der Waals surface area contributed by atoms with Gasteiger partial charge in [-0.3, -0.25) is 0 Å². The van der Waals surface area contributed by atoms with Crippen molar-refractivity contribution in [1.82, 2.24) is 4.31 Å². The molecule has 0 saturated carbocycles. The molecular formula is C9H18N2O4S. The highest BCUT2D eigenvalue weighted by Gasteiger charge is 2.25. The second-order valence-electron chi connectivity index (χ2n) is 4.15. The van der Waals surface area contributed by atoms with Crippen LogP contribution in [-0.2, 0) is 14.8 Å². The van der Waals surface area contributed by atoms with Crippen molar-refractivity contribution in [2.75, 3.05) is 39.0 Å². The van der Waals surface area contributed by atoms with Gasteiger partial charge in [0.1, 0.15) is 0 Å². The third-order valence-electron chi connectivity index (χ3n) is 2.76. The van der Waals surface area contributed by atoms with E-state index in [0.29, 0.717) is 13.1 Å². The zero-order chi connectivity index (χ0) is 12.2. The molecule has 0 aliphatic carbocycles. The lowest BCUT2D eigenvalue weighted by Gasteiger charge is -2.19. The highest BCUT2D eigenvalue weighted by Crippen LogP contribution is 2.04. The zero-order valence-electron chi connectivity index (χ0n) is 9.44. The van der Waals surface area contributed by atoms with Crippen molar-refractivity contribution in [2.45, 2.75) is 12.8 Å². The van der Waals surface area contributed by atoms with Gasteiger partial charge in [-0.05, 0) is 0 Å². The first-order valence-electron chi connectivity index (χ1n) is 5.41. The monoisotopic (exact) mass is 250 g/mol. The van der Waals surface area contributed by atoms with Gasteiger partial charge in [-0.1, -0.05) is 0 Å². The summed E-state index contributed by atoms with van der Waals surface area (Å²) in [4.78, 5) is 11.6. The fourth-order valence-corrected chi connectivity index (χ4v) is 3.19. The summed E-state index contributed by atoms with van der Waals surface area (Å²) < 4.78 is 24.9. The average Bonchev–Trinajstić information content (AvgIpc) is 2.40. The molecule has 1 unspecified atom stereocenters. The van der Waals surface area contributed by atoms with Gasteiger partial charge in [0, 0.05) is 25.4 Å². The molecule has 1 fully saturated rings. The van der Waals surface area contributed by atoms with Crippen molar-refractivity contribution in [3.63, 3.8) is 0 Å². The van der Waals surface area contributed by atoms with Gasteiger partial charge in [-0.25, -0.2) is 8.42 Å². The maximum atomic E-state index is 11.8. The summed E-state index contributed by atoms with van der Waals surface area (Å²) in [6.45, 7) is 2.69. The smallest absolute Gasteiger partial charge is 0.214 e. The molecule has 1 aliphatic rings. The first-order valence-corrected chi connectivity index (χ1v) is 7.02. The Morgan fingerprint density at radius 1 is 1.38 bits per heavy atom. The van der Waals surface area contributed by atoms with Gasteiger partial charge in [0.05, 0.1) is 32.4 Å². The minimum absolute atomic E-state index is 0.353. The van der Waals surface area contributed by atoms with Crippen LogP contribution < -0.4 is 10.0 Å². The molecule has 0 spiro atoms. The second-order valence-corrected chi connectivity index (χ2v) is 6.24. The lowest BCUT2D eigenvalue weighted by molar-refractivity contribution is -0.877. The highest BCUT2D eigenvalue weighted by atomic mass is 32.2. The molecule has 0 aromatic carbocycles. The first-order chi connectivity index (χ1) is 7.42. The molecular weight excluding hydrogens is 232 g/mol. The Morgan fingerprint density at radius 2 is 2.06 bits per heavy atom. The van der Waals surface area contributed by atoms with Gasteiger partial charge in [0.2, 0.25) is 10.0 Å². The Kier molecular flexibility index (Phi) is 4.69.